The molecule has 0 saturated heterocycles. The molecule has 0 amide bonds. The molecule has 0 radical (unpaired) electrons. The van der Waals surface area contributed by atoms with Crippen molar-refractivity contribution >= 4 is 9.84 Å². The standard InChI is InChI=1S/C13H20O5S/c1-13(2,8-14)9-6-7-10(19(5,15)16)12(18-4)11(9)17-3/h6-7,14H,8H2,1-5H3. The van der Waals surface area contributed by atoms with Gasteiger partial charge in [-0.2, -0.15) is 0 Å². The molecule has 1 N–H and O–H groups in total. The molecular weight excluding hydrogens is 268 g/mol. The molecule has 0 aliphatic carbocycles. The van der Waals surface area contributed by atoms with Gasteiger partial charge in [-0.25, -0.2) is 8.42 Å². The summed E-state index contributed by atoms with van der Waals surface area (Å²) in [7, 11) is -0.578. The Bertz CT molecular complexity index is 561. The Labute approximate surface area is 114 Å². The second-order valence-electron chi connectivity index (χ2n) is 4.99. The zero-order valence-corrected chi connectivity index (χ0v) is 12.7. The molecule has 6 heteroatoms. The summed E-state index contributed by atoms with van der Waals surface area (Å²) in [4.78, 5) is 0.0735. The molecule has 0 unspecified atom stereocenters. The summed E-state index contributed by atoms with van der Waals surface area (Å²) in [6.07, 6.45) is 1.11. The van der Waals surface area contributed by atoms with Crippen molar-refractivity contribution in [3.63, 3.8) is 0 Å². The summed E-state index contributed by atoms with van der Waals surface area (Å²) in [5.41, 5.74) is 0.135. The number of hydrogen-bond acceptors (Lipinski definition) is 5. The number of benzene rings is 1. The molecule has 1 aromatic rings. The zero-order chi connectivity index (χ0) is 14.8. The minimum atomic E-state index is -3.41. The largest absolute Gasteiger partial charge is 0.493 e. The predicted octanol–water partition coefficient (Wildman–Crippen LogP) is 1.38. The van der Waals surface area contributed by atoms with Crippen LogP contribution in [0.1, 0.15) is 19.4 Å². The smallest absolute Gasteiger partial charge is 0.179 e. The number of hydrogen-bond donors (Lipinski definition) is 1. The summed E-state index contributed by atoms with van der Waals surface area (Å²) in [6, 6.07) is 3.12. The lowest BCUT2D eigenvalue weighted by Gasteiger charge is -2.26. The Morgan fingerprint density at radius 2 is 1.68 bits per heavy atom. The van der Waals surface area contributed by atoms with E-state index in [0.29, 0.717) is 11.3 Å². The van der Waals surface area contributed by atoms with E-state index in [9.17, 15) is 13.5 Å². The van der Waals surface area contributed by atoms with Crippen molar-refractivity contribution in [3.05, 3.63) is 17.7 Å². The van der Waals surface area contributed by atoms with E-state index in [1.807, 2.05) is 13.8 Å². The predicted molar refractivity (Wildman–Crippen MR) is 72.8 cm³/mol. The Kier molecular flexibility index (Phi) is 4.47. The van der Waals surface area contributed by atoms with Crippen molar-refractivity contribution in [2.75, 3.05) is 27.1 Å². The van der Waals surface area contributed by atoms with E-state index in [1.165, 1.54) is 20.3 Å². The summed E-state index contributed by atoms with van der Waals surface area (Å²) in [5.74, 6) is 0.508. The average molecular weight is 288 g/mol. The molecule has 0 aliphatic heterocycles. The maximum atomic E-state index is 11.7. The van der Waals surface area contributed by atoms with Crippen LogP contribution in [0.4, 0.5) is 0 Å². The highest BCUT2D eigenvalue weighted by Crippen LogP contribution is 2.42. The summed E-state index contributed by atoms with van der Waals surface area (Å²) in [5, 5.41) is 9.45. The van der Waals surface area contributed by atoms with Crippen molar-refractivity contribution in [1.29, 1.82) is 0 Å². The first-order valence-corrected chi connectivity index (χ1v) is 7.64. The maximum absolute atomic E-state index is 11.7. The van der Waals surface area contributed by atoms with Crippen LogP contribution in [0.15, 0.2) is 17.0 Å². The molecule has 1 aromatic carbocycles. The topological polar surface area (TPSA) is 72.8 Å². The van der Waals surface area contributed by atoms with Crippen LogP contribution in [0, 0.1) is 0 Å². The quantitative estimate of drug-likeness (QED) is 0.886. The molecule has 108 valence electrons. The van der Waals surface area contributed by atoms with Gasteiger partial charge in [0.25, 0.3) is 0 Å². The maximum Gasteiger partial charge on any atom is 0.179 e. The van der Waals surface area contributed by atoms with E-state index in [1.54, 1.807) is 6.07 Å². The number of sulfone groups is 1. The molecule has 0 heterocycles. The van der Waals surface area contributed by atoms with Crippen LogP contribution in [0.3, 0.4) is 0 Å². The fourth-order valence-corrected chi connectivity index (χ4v) is 2.68. The minimum Gasteiger partial charge on any atom is -0.493 e. The third-order valence-corrected chi connectivity index (χ3v) is 4.13. The van der Waals surface area contributed by atoms with E-state index < -0.39 is 15.3 Å². The fourth-order valence-electron chi connectivity index (χ4n) is 1.85. The van der Waals surface area contributed by atoms with E-state index in [-0.39, 0.29) is 17.3 Å². The van der Waals surface area contributed by atoms with Gasteiger partial charge in [0.1, 0.15) is 4.90 Å². The lowest BCUT2D eigenvalue weighted by Crippen LogP contribution is -2.23. The highest BCUT2D eigenvalue weighted by Gasteiger charge is 2.29. The van der Waals surface area contributed by atoms with Crippen molar-refractivity contribution in [2.45, 2.75) is 24.2 Å². The van der Waals surface area contributed by atoms with Gasteiger partial charge in [-0.05, 0) is 6.07 Å². The summed E-state index contributed by atoms with van der Waals surface area (Å²) < 4.78 is 33.9. The number of aliphatic hydroxyl groups is 1. The molecule has 0 aromatic heterocycles. The van der Waals surface area contributed by atoms with Crippen molar-refractivity contribution < 1.29 is 23.0 Å². The molecule has 5 nitrogen and oxygen atoms in total. The van der Waals surface area contributed by atoms with Gasteiger partial charge >= 0.3 is 0 Å². The lowest BCUT2D eigenvalue weighted by atomic mass is 9.84. The van der Waals surface area contributed by atoms with Gasteiger partial charge in [-0.15, -0.1) is 0 Å². The zero-order valence-electron chi connectivity index (χ0n) is 11.9. The van der Waals surface area contributed by atoms with Crippen molar-refractivity contribution in [1.82, 2.24) is 0 Å². The lowest BCUT2D eigenvalue weighted by molar-refractivity contribution is 0.213. The first kappa shape index (κ1) is 15.8. The molecule has 0 bridgehead atoms. The highest BCUT2D eigenvalue weighted by atomic mass is 32.2. The Balaban J connectivity index is 3.66. The molecular formula is C13H20O5S. The van der Waals surface area contributed by atoms with E-state index in [2.05, 4.69) is 0 Å². The highest BCUT2D eigenvalue weighted by molar-refractivity contribution is 7.90. The first-order valence-electron chi connectivity index (χ1n) is 5.75. The van der Waals surface area contributed by atoms with Crippen LogP contribution in [0.2, 0.25) is 0 Å². The van der Waals surface area contributed by atoms with Crippen LogP contribution < -0.4 is 9.47 Å². The third kappa shape index (κ3) is 3.01. The third-order valence-electron chi connectivity index (χ3n) is 3.01. The number of methoxy groups -OCH3 is 2. The van der Waals surface area contributed by atoms with E-state index >= 15 is 0 Å². The Hall–Kier alpha value is -1.27. The van der Waals surface area contributed by atoms with Gasteiger partial charge in [0, 0.05) is 17.2 Å². The molecule has 0 fully saturated rings. The molecule has 19 heavy (non-hydrogen) atoms. The Morgan fingerprint density at radius 1 is 1.16 bits per heavy atom. The second-order valence-corrected chi connectivity index (χ2v) is 6.98. The summed E-state index contributed by atoms with van der Waals surface area (Å²) >= 11 is 0. The normalized spacial score (nSPS) is 12.3. The van der Waals surface area contributed by atoms with Crippen LogP contribution >= 0.6 is 0 Å². The SMILES string of the molecule is COc1c(C(C)(C)CO)ccc(S(C)(=O)=O)c1OC. The summed E-state index contributed by atoms with van der Waals surface area (Å²) in [6.45, 7) is 3.58. The van der Waals surface area contributed by atoms with Crippen LogP contribution in [0.25, 0.3) is 0 Å². The minimum absolute atomic E-state index is 0.0735. The molecule has 0 atom stereocenters. The van der Waals surface area contributed by atoms with E-state index in [0.717, 1.165) is 6.26 Å². The van der Waals surface area contributed by atoms with Gasteiger partial charge in [0.15, 0.2) is 21.3 Å². The van der Waals surface area contributed by atoms with Crippen molar-refractivity contribution in [3.8, 4) is 11.5 Å². The second kappa shape index (κ2) is 5.38. The number of aliphatic hydroxyl groups excluding tert-OH is 1. The molecule has 0 saturated carbocycles. The van der Waals surface area contributed by atoms with Crippen LogP contribution in [-0.2, 0) is 15.3 Å². The number of ether oxygens (including phenoxy) is 2. The van der Waals surface area contributed by atoms with Gasteiger partial charge in [-0.3, -0.25) is 0 Å². The average Bonchev–Trinajstić information content (AvgIpc) is 2.35. The molecule has 0 aliphatic rings. The number of rotatable bonds is 5. The first-order chi connectivity index (χ1) is 8.69. The molecule has 0 spiro atoms. The van der Waals surface area contributed by atoms with Gasteiger partial charge in [-0.1, -0.05) is 19.9 Å². The van der Waals surface area contributed by atoms with Crippen molar-refractivity contribution in [2.24, 2.45) is 0 Å². The monoisotopic (exact) mass is 288 g/mol. The van der Waals surface area contributed by atoms with Gasteiger partial charge < -0.3 is 14.6 Å². The van der Waals surface area contributed by atoms with Crippen LogP contribution in [-0.4, -0.2) is 40.6 Å². The van der Waals surface area contributed by atoms with Gasteiger partial charge in [0.05, 0.1) is 20.8 Å². The van der Waals surface area contributed by atoms with Crippen LogP contribution in [0.5, 0.6) is 11.5 Å². The van der Waals surface area contributed by atoms with E-state index in [4.69, 9.17) is 9.47 Å². The molecule has 1 rings (SSSR count). The fraction of sp³-hybridized carbons (Fsp3) is 0.538. The Morgan fingerprint density at radius 3 is 2.05 bits per heavy atom. The van der Waals surface area contributed by atoms with Gasteiger partial charge in [0.2, 0.25) is 0 Å².